The third-order valence-corrected chi connectivity index (χ3v) is 2.16. The largest absolute Gasteiger partial charge is 0.353 e. The zero-order valence-electron chi connectivity index (χ0n) is 9.63. The van der Waals surface area contributed by atoms with Crippen molar-refractivity contribution < 1.29 is 0 Å². The van der Waals surface area contributed by atoms with Crippen molar-refractivity contribution in [3.05, 3.63) is 0 Å². The van der Waals surface area contributed by atoms with E-state index in [1.165, 1.54) is 0 Å². The highest BCUT2D eigenvalue weighted by Crippen LogP contribution is 2.02. The van der Waals surface area contributed by atoms with Crippen LogP contribution in [-0.4, -0.2) is 50.9 Å². The molecule has 0 aliphatic carbocycles. The summed E-state index contributed by atoms with van der Waals surface area (Å²) in [5.74, 6) is 0. The van der Waals surface area contributed by atoms with E-state index in [2.05, 4.69) is 32.8 Å². The molecule has 0 saturated carbocycles. The standard InChI is InChI=1S/C7H17BN2.C2H6/c1-6(9(3)4)7(2)10(5)8;1-2/h6-7H,1-5H3;1-2H3. The minimum atomic E-state index is 0.398. The van der Waals surface area contributed by atoms with Gasteiger partial charge in [-0.1, -0.05) is 13.8 Å². The smallest absolute Gasteiger partial charge is 0.182 e. The van der Waals surface area contributed by atoms with Crippen molar-refractivity contribution >= 4 is 7.98 Å². The third kappa shape index (κ3) is 5.61. The Hall–Kier alpha value is -0.0151. The maximum Gasteiger partial charge on any atom is 0.182 e. The Bertz CT molecular complexity index is 82.5. The van der Waals surface area contributed by atoms with E-state index in [4.69, 9.17) is 7.98 Å². The molecule has 2 radical (unpaired) electrons. The second-order valence-corrected chi connectivity index (χ2v) is 3.11. The van der Waals surface area contributed by atoms with Gasteiger partial charge >= 0.3 is 0 Å². The first-order chi connectivity index (χ1) is 5.46. The highest BCUT2D eigenvalue weighted by atomic mass is 15.2. The average Bonchev–Trinajstić information content (AvgIpc) is 2.05. The summed E-state index contributed by atoms with van der Waals surface area (Å²) in [5, 5.41) is 0. The Labute approximate surface area is 79.4 Å². The first-order valence-corrected chi connectivity index (χ1v) is 4.60. The monoisotopic (exact) mass is 170 g/mol. The summed E-state index contributed by atoms with van der Waals surface area (Å²) in [7, 11) is 11.6. The summed E-state index contributed by atoms with van der Waals surface area (Å²) >= 11 is 0. The van der Waals surface area contributed by atoms with Gasteiger partial charge in [0.15, 0.2) is 7.98 Å². The quantitative estimate of drug-likeness (QED) is 0.590. The van der Waals surface area contributed by atoms with Gasteiger partial charge in [0.2, 0.25) is 0 Å². The molecule has 72 valence electrons. The van der Waals surface area contributed by atoms with Crippen LogP contribution < -0.4 is 0 Å². The minimum absolute atomic E-state index is 0.398. The van der Waals surface area contributed by atoms with E-state index < -0.39 is 0 Å². The van der Waals surface area contributed by atoms with E-state index >= 15 is 0 Å². The highest BCUT2D eigenvalue weighted by molar-refractivity contribution is 6.04. The van der Waals surface area contributed by atoms with Crippen LogP contribution in [0, 0.1) is 0 Å². The lowest BCUT2D eigenvalue weighted by molar-refractivity contribution is 0.215. The Kier molecular flexibility index (Phi) is 9.22. The van der Waals surface area contributed by atoms with E-state index in [1.54, 1.807) is 4.81 Å². The van der Waals surface area contributed by atoms with Crippen LogP contribution in [-0.2, 0) is 0 Å². The molecule has 0 amide bonds. The van der Waals surface area contributed by atoms with Gasteiger partial charge in [-0.15, -0.1) is 0 Å². The van der Waals surface area contributed by atoms with Crippen LogP contribution >= 0.6 is 0 Å². The Balaban J connectivity index is 0. The predicted molar refractivity (Wildman–Crippen MR) is 57.5 cm³/mol. The highest BCUT2D eigenvalue weighted by Gasteiger charge is 2.14. The molecule has 0 rings (SSSR count). The molecule has 0 heterocycles. The molecule has 0 saturated heterocycles. The maximum atomic E-state index is 5.58. The molecule has 0 bridgehead atoms. The molecule has 2 atom stereocenters. The van der Waals surface area contributed by atoms with Crippen LogP contribution in [0.3, 0.4) is 0 Å². The van der Waals surface area contributed by atoms with Crippen LogP contribution in [0.25, 0.3) is 0 Å². The number of hydrogen-bond donors (Lipinski definition) is 0. The number of rotatable bonds is 3. The lowest BCUT2D eigenvalue weighted by atomic mass is 10.1. The van der Waals surface area contributed by atoms with Crippen LogP contribution in [0.2, 0.25) is 0 Å². The van der Waals surface area contributed by atoms with Gasteiger partial charge in [-0.25, -0.2) is 0 Å². The van der Waals surface area contributed by atoms with Crippen molar-refractivity contribution in [2.75, 3.05) is 21.1 Å². The number of hydrogen-bond acceptors (Lipinski definition) is 2. The van der Waals surface area contributed by atoms with Crippen molar-refractivity contribution in [3.63, 3.8) is 0 Å². The molecule has 0 fully saturated rings. The molecule has 0 aromatic carbocycles. The molecule has 2 unspecified atom stereocenters. The van der Waals surface area contributed by atoms with Gasteiger partial charge < -0.3 is 9.71 Å². The Morgan fingerprint density at radius 3 is 1.33 bits per heavy atom. The van der Waals surface area contributed by atoms with Crippen LogP contribution in [0.4, 0.5) is 0 Å². The van der Waals surface area contributed by atoms with Crippen molar-refractivity contribution in [2.45, 2.75) is 39.8 Å². The Morgan fingerprint density at radius 1 is 0.917 bits per heavy atom. The van der Waals surface area contributed by atoms with Gasteiger partial charge in [0.05, 0.1) is 0 Å². The third-order valence-electron chi connectivity index (χ3n) is 2.16. The average molecular weight is 170 g/mol. The molecule has 2 nitrogen and oxygen atoms in total. The Morgan fingerprint density at radius 2 is 1.25 bits per heavy atom. The van der Waals surface area contributed by atoms with Gasteiger partial charge in [0.25, 0.3) is 0 Å². The SMILES string of the molecule is CC.[B]N(C)C(C)C(C)N(C)C. The van der Waals surface area contributed by atoms with Crippen LogP contribution in [0.15, 0.2) is 0 Å². The fourth-order valence-electron chi connectivity index (χ4n) is 0.772. The van der Waals surface area contributed by atoms with Gasteiger partial charge in [-0.05, 0) is 35.0 Å². The second kappa shape index (κ2) is 7.62. The molecule has 3 heteroatoms. The van der Waals surface area contributed by atoms with Crippen molar-refractivity contribution in [3.8, 4) is 0 Å². The summed E-state index contributed by atoms with van der Waals surface area (Å²) < 4.78 is 0. The summed E-state index contributed by atoms with van der Waals surface area (Å²) in [5.41, 5.74) is 0. The first kappa shape index (κ1) is 14.5. The van der Waals surface area contributed by atoms with E-state index in [0.717, 1.165) is 0 Å². The summed E-state index contributed by atoms with van der Waals surface area (Å²) in [6.45, 7) is 8.28. The first-order valence-electron chi connectivity index (χ1n) is 4.60. The number of nitrogens with zero attached hydrogens (tertiary/aromatic N) is 2. The zero-order chi connectivity index (χ0) is 10.3. The van der Waals surface area contributed by atoms with E-state index in [-0.39, 0.29) is 0 Å². The van der Waals surface area contributed by atoms with Gasteiger partial charge in [0, 0.05) is 12.1 Å². The molecular formula is C9H23BN2. The molecule has 12 heavy (non-hydrogen) atoms. The van der Waals surface area contributed by atoms with Crippen molar-refractivity contribution in [2.24, 2.45) is 0 Å². The fraction of sp³-hybridized carbons (Fsp3) is 1.00. The van der Waals surface area contributed by atoms with E-state index in [0.29, 0.717) is 12.1 Å². The van der Waals surface area contributed by atoms with Gasteiger partial charge in [0.1, 0.15) is 0 Å². The van der Waals surface area contributed by atoms with Crippen LogP contribution in [0.1, 0.15) is 27.7 Å². The van der Waals surface area contributed by atoms with Crippen molar-refractivity contribution in [1.82, 2.24) is 9.71 Å². The lowest BCUT2D eigenvalue weighted by Gasteiger charge is -2.31. The van der Waals surface area contributed by atoms with Gasteiger partial charge in [-0.2, -0.15) is 0 Å². The zero-order valence-corrected chi connectivity index (χ0v) is 9.63. The maximum absolute atomic E-state index is 5.58. The fourth-order valence-corrected chi connectivity index (χ4v) is 0.772. The number of likely N-dealkylation sites (N-methyl/N-ethyl adjacent to an activating group) is 2. The van der Waals surface area contributed by atoms with Gasteiger partial charge in [-0.3, -0.25) is 0 Å². The topological polar surface area (TPSA) is 6.48 Å². The molecular weight excluding hydrogens is 147 g/mol. The molecule has 0 spiro atoms. The second-order valence-electron chi connectivity index (χ2n) is 3.11. The molecule has 0 aliphatic heterocycles. The molecule has 0 aliphatic rings. The van der Waals surface area contributed by atoms with Crippen LogP contribution in [0.5, 0.6) is 0 Å². The lowest BCUT2D eigenvalue weighted by Crippen LogP contribution is -2.43. The minimum Gasteiger partial charge on any atom is -0.353 e. The summed E-state index contributed by atoms with van der Waals surface area (Å²) in [4.78, 5) is 3.90. The predicted octanol–water partition coefficient (Wildman–Crippen LogP) is 1.37. The molecule has 0 N–H and O–H groups in total. The molecule has 0 aromatic heterocycles. The normalized spacial score (nSPS) is 15.4. The molecule has 0 aromatic rings. The van der Waals surface area contributed by atoms with Crippen molar-refractivity contribution in [1.29, 1.82) is 0 Å². The van der Waals surface area contributed by atoms with E-state index in [9.17, 15) is 0 Å². The van der Waals surface area contributed by atoms with E-state index in [1.807, 2.05) is 20.9 Å². The summed E-state index contributed by atoms with van der Waals surface area (Å²) in [6.07, 6.45) is 0. The summed E-state index contributed by atoms with van der Waals surface area (Å²) in [6, 6.07) is 0.894.